The zero-order chi connectivity index (χ0) is 30.8. The number of anilines is 4. The van der Waals surface area contributed by atoms with E-state index in [9.17, 15) is 0 Å². The Labute approximate surface area is 262 Å². The zero-order valence-electron chi connectivity index (χ0n) is 26.1. The number of aromatic amines is 1. The van der Waals surface area contributed by atoms with Crippen LogP contribution >= 0.6 is 0 Å². The van der Waals surface area contributed by atoms with E-state index in [2.05, 4.69) is 70.8 Å². The third kappa shape index (κ3) is 5.09. The lowest BCUT2D eigenvalue weighted by Gasteiger charge is -2.57. The van der Waals surface area contributed by atoms with Crippen LogP contribution in [0.25, 0.3) is 33.5 Å². The quantitative estimate of drug-likeness (QED) is 0.177. The van der Waals surface area contributed by atoms with Crippen LogP contribution in [0.15, 0.2) is 79.1 Å². The Morgan fingerprint density at radius 1 is 0.822 bits per heavy atom. The van der Waals surface area contributed by atoms with Gasteiger partial charge in [0.25, 0.3) is 0 Å². The molecule has 1 saturated carbocycles. The number of H-pyrrole nitrogens is 1. The van der Waals surface area contributed by atoms with Gasteiger partial charge < -0.3 is 20.4 Å². The highest BCUT2D eigenvalue weighted by molar-refractivity contribution is 5.94. The van der Waals surface area contributed by atoms with Gasteiger partial charge >= 0.3 is 0 Å². The molecule has 1 saturated heterocycles. The minimum absolute atomic E-state index is 0.107. The molecule has 2 atom stereocenters. The van der Waals surface area contributed by atoms with Gasteiger partial charge in [0.05, 0.1) is 40.6 Å². The number of aromatic nitrogens is 5. The third-order valence-electron chi connectivity index (χ3n) is 9.60. The Morgan fingerprint density at radius 2 is 1.67 bits per heavy atom. The number of pyridine rings is 3. The van der Waals surface area contributed by atoms with Crippen molar-refractivity contribution in [3.8, 4) is 11.5 Å². The van der Waals surface area contributed by atoms with Crippen molar-refractivity contribution >= 4 is 44.7 Å². The standard InChI is InChI=1S/C37H37N7O/c1-22-15-27(12-14-38-22)41-26-6-9-31-34(18-26)44-35(43-31)32-10-7-28(19-39-32)42-33-16-23(2)40-30-8-5-24(17-29(30)33)37-13-11-25(37)20-45-36(3,4)21-37/h5-10,12,14-19,25H,11,13,20-21H2,1-4H3,(H,38,41)(H,40,42)(H,43,44)/t25-,37+/m1/s1. The average molecular weight is 596 g/mol. The molecule has 2 aromatic carbocycles. The first-order chi connectivity index (χ1) is 21.7. The normalized spacial score (nSPS) is 20.5. The van der Waals surface area contributed by atoms with E-state index in [1.54, 1.807) is 6.20 Å². The van der Waals surface area contributed by atoms with Crippen LogP contribution in [0.5, 0.6) is 0 Å². The van der Waals surface area contributed by atoms with E-state index in [0.29, 0.717) is 5.92 Å². The van der Waals surface area contributed by atoms with E-state index in [1.165, 1.54) is 18.4 Å². The highest BCUT2D eigenvalue weighted by atomic mass is 16.5. The van der Waals surface area contributed by atoms with Gasteiger partial charge in [-0.15, -0.1) is 0 Å². The van der Waals surface area contributed by atoms with Crippen LogP contribution in [0.4, 0.5) is 22.7 Å². The molecule has 45 heavy (non-hydrogen) atoms. The van der Waals surface area contributed by atoms with Gasteiger partial charge in [-0.1, -0.05) is 6.07 Å². The summed E-state index contributed by atoms with van der Waals surface area (Å²) in [5.74, 6) is 1.32. The van der Waals surface area contributed by atoms with Gasteiger partial charge in [0, 0.05) is 45.4 Å². The molecule has 4 aromatic heterocycles. The van der Waals surface area contributed by atoms with Crippen molar-refractivity contribution in [2.24, 2.45) is 5.92 Å². The number of aryl methyl sites for hydroxylation is 2. The molecule has 0 radical (unpaired) electrons. The number of fused-ring (bicyclic) bond motifs is 3. The maximum Gasteiger partial charge on any atom is 0.157 e. The van der Waals surface area contributed by atoms with Crippen LogP contribution in [-0.2, 0) is 10.2 Å². The van der Waals surface area contributed by atoms with Crippen molar-refractivity contribution in [2.45, 2.75) is 58.0 Å². The molecule has 2 fully saturated rings. The lowest BCUT2D eigenvalue weighted by atomic mass is 9.52. The number of imidazole rings is 1. The molecule has 5 heterocycles. The van der Waals surface area contributed by atoms with Crippen LogP contribution in [0.3, 0.4) is 0 Å². The van der Waals surface area contributed by atoms with Crippen molar-refractivity contribution in [2.75, 3.05) is 17.2 Å². The highest BCUT2D eigenvalue weighted by Gasteiger charge is 2.54. The fourth-order valence-electron chi connectivity index (χ4n) is 7.32. The van der Waals surface area contributed by atoms with Gasteiger partial charge in [0.2, 0.25) is 0 Å². The summed E-state index contributed by atoms with van der Waals surface area (Å²) in [6.07, 6.45) is 7.18. The maximum absolute atomic E-state index is 6.20. The van der Waals surface area contributed by atoms with E-state index in [1.807, 2.05) is 50.4 Å². The Balaban J connectivity index is 1.06. The van der Waals surface area contributed by atoms with Crippen LogP contribution in [-0.4, -0.2) is 37.1 Å². The molecule has 3 N–H and O–H groups in total. The van der Waals surface area contributed by atoms with E-state index in [-0.39, 0.29) is 11.0 Å². The topological polar surface area (TPSA) is 101 Å². The van der Waals surface area contributed by atoms with Gasteiger partial charge in [-0.05, 0) is 119 Å². The first-order valence-corrected chi connectivity index (χ1v) is 15.7. The maximum atomic E-state index is 6.20. The second-order valence-corrected chi connectivity index (χ2v) is 13.4. The summed E-state index contributed by atoms with van der Waals surface area (Å²) in [6, 6.07) is 23.1. The molecule has 0 amide bonds. The lowest BCUT2D eigenvalue weighted by molar-refractivity contribution is -0.148. The molecule has 8 heteroatoms. The Kier molecular flexibility index (Phi) is 6.39. The van der Waals surface area contributed by atoms with E-state index in [0.717, 1.165) is 80.6 Å². The van der Waals surface area contributed by atoms with Gasteiger partial charge in [0.1, 0.15) is 5.69 Å². The van der Waals surface area contributed by atoms with E-state index >= 15 is 0 Å². The van der Waals surface area contributed by atoms with Crippen LogP contribution < -0.4 is 10.6 Å². The molecule has 0 bridgehead atoms. The smallest absolute Gasteiger partial charge is 0.157 e. The molecule has 1 aliphatic heterocycles. The average Bonchev–Trinajstić information content (AvgIpc) is 3.42. The minimum Gasteiger partial charge on any atom is -0.375 e. The largest absolute Gasteiger partial charge is 0.375 e. The minimum atomic E-state index is -0.107. The van der Waals surface area contributed by atoms with Gasteiger partial charge in [-0.25, -0.2) is 4.98 Å². The SMILES string of the molecule is Cc1cc(Nc2ccc3nc(-c4ccc(Nc5cc(C)nc6ccc([C@@]78CC[C@@H]7COC(C)(C)C8)cc56)cn4)[nH]c3c2)ccn1. The highest BCUT2D eigenvalue weighted by Crippen LogP contribution is 2.57. The summed E-state index contributed by atoms with van der Waals surface area (Å²) in [5, 5.41) is 8.22. The Bertz CT molecular complexity index is 2070. The second-order valence-electron chi connectivity index (χ2n) is 13.4. The number of rotatable bonds is 6. The summed E-state index contributed by atoms with van der Waals surface area (Å²) in [6.45, 7) is 9.32. The summed E-state index contributed by atoms with van der Waals surface area (Å²) in [5.41, 5.74) is 11.0. The fraction of sp³-hybridized carbons (Fsp3) is 0.297. The van der Waals surface area contributed by atoms with Gasteiger partial charge in [-0.2, -0.15) is 0 Å². The number of nitrogens with one attached hydrogen (secondary N) is 3. The number of benzene rings is 2. The summed E-state index contributed by atoms with van der Waals surface area (Å²) in [4.78, 5) is 22.1. The summed E-state index contributed by atoms with van der Waals surface area (Å²) in [7, 11) is 0. The van der Waals surface area contributed by atoms with Crippen LogP contribution in [0, 0.1) is 19.8 Å². The molecule has 2 aliphatic rings. The molecule has 8 nitrogen and oxygen atoms in total. The van der Waals surface area contributed by atoms with Gasteiger partial charge in [0.15, 0.2) is 5.82 Å². The van der Waals surface area contributed by atoms with Crippen LogP contribution in [0.2, 0.25) is 0 Å². The molecule has 0 spiro atoms. The third-order valence-corrected chi connectivity index (χ3v) is 9.60. The molecule has 226 valence electrons. The zero-order valence-corrected chi connectivity index (χ0v) is 26.1. The lowest BCUT2D eigenvalue weighted by Crippen LogP contribution is -2.56. The van der Waals surface area contributed by atoms with Crippen molar-refractivity contribution in [1.82, 2.24) is 24.9 Å². The Morgan fingerprint density at radius 3 is 2.47 bits per heavy atom. The van der Waals surface area contributed by atoms with Gasteiger partial charge in [-0.3, -0.25) is 15.0 Å². The Hall–Kier alpha value is -4.82. The molecule has 8 rings (SSSR count). The van der Waals surface area contributed by atoms with Crippen molar-refractivity contribution in [3.05, 3.63) is 96.1 Å². The molecular formula is C37H37N7O. The molecule has 6 aromatic rings. The number of ether oxygens (including phenoxy) is 1. The monoisotopic (exact) mass is 595 g/mol. The van der Waals surface area contributed by atoms with Crippen molar-refractivity contribution in [1.29, 1.82) is 0 Å². The first-order valence-electron chi connectivity index (χ1n) is 15.7. The fourth-order valence-corrected chi connectivity index (χ4v) is 7.32. The number of hydrogen-bond acceptors (Lipinski definition) is 7. The number of hydrogen-bond donors (Lipinski definition) is 3. The van der Waals surface area contributed by atoms with E-state index < -0.39 is 0 Å². The summed E-state index contributed by atoms with van der Waals surface area (Å²) >= 11 is 0. The van der Waals surface area contributed by atoms with Crippen molar-refractivity contribution in [3.63, 3.8) is 0 Å². The molecule has 0 unspecified atom stereocenters. The van der Waals surface area contributed by atoms with E-state index in [4.69, 9.17) is 19.7 Å². The summed E-state index contributed by atoms with van der Waals surface area (Å²) < 4.78 is 6.20. The molecular weight excluding hydrogens is 558 g/mol. The first kappa shape index (κ1) is 27.7. The van der Waals surface area contributed by atoms with Crippen LogP contribution in [0.1, 0.15) is 50.1 Å². The van der Waals surface area contributed by atoms with Crippen molar-refractivity contribution < 1.29 is 4.74 Å². The second kappa shape index (κ2) is 10.4. The molecule has 1 aliphatic carbocycles. The predicted molar refractivity (Wildman–Crippen MR) is 180 cm³/mol. The number of nitrogens with zero attached hydrogens (tertiary/aromatic N) is 4. The predicted octanol–water partition coefficient (Wildman–Crippen LogP) is 8.52.